The van der Waals surface area contributed by atoms with E-state index in [-0.39, 0.29) is 6.01 Å². The Morgan fingerprint density at radius 2 is 2.00 bits per heavy atom. The van der Waals surface area contributed by atoms with Gasteiger partial charge in [0.15, 0.2) is 0 Å². The van der Waals surface area contributed by atoms with Crippen molar-refractivity contribution in [3.05, 3.63) is 57.9 Å². The number of hydrogen-bond acceptors (Lipinski definition) is 5. The van der Waals surface area contributed by atoms with Gasteiger partial charge in [0.05, 0.1) is 23.3 Å². The zero-order valence-electron chi connectivity index (χ0n) is 11.1. The van der Waals surface area contributed by atoms with E-state index < -0.39 is 5.63 Å². The minimum atomic E-state index is -0.521. The van der Waals surface area contributed by atoms with E-state index in [1.165, 1.54) is 7.11 Å². The molecule has 6 heteroatoms. The topological polar surface area (TPSA) is 64.4 Å². The summed E-state index contributed by atoms with van der Waals surface area (Å²) >= 11 is 6.05. The molecule has 3 rings (SSSR count). The van der Waals surface area contributed by atoms with Crippen LogP contribution in [-0.4, -0.2) is 12.1 Å². The van der Waals surface area contributed by atoms with E-state index in [0.717, 1.165) is 0 Å². The molecule has 0 saturated heterocycles. The number of hydrogen-bond donors (Lipinski definition) is 1. The lowest BCUT2D eigenvalue weighted by Crippen LogP contribution is -2.06. The Kier molecular flexibility index (Phi) is 3.50. The molecule has 0 bridgehead atoms. The molecule has 1 N–H and O–H groups in total. The van der Waals surface area contributed by atoms with Gasteiger partial charge in [-0.25, -0.2) is 4.79 Å². The van der Waals surface area contributed by atoms with Crippen molar-refractivity contribution in [2.24, 2.45) is 0 Å². The number of benzene rings is 2. The Bertz CT molecular complexity index is 861. The number of aromatic nitrogens is 1. The van der Waals surface area contributed by atoms with Crippen LogP contribution in [0.1, 0.15) is 0 Å². The van der Waals surface area contributed by atoms with Crippen molar-refractivity contribution in [2.45, 2.75) is 0 Å². The number of para-hydroxylation sites is 1. The summed E-state index contributed by atoms with van der Waals surface area (Å²) in [7, 11) is 1.49. The number of fused-ring (bicyclic) bond motifs is 1. The molecular weight excluding hydrogens is 292 g/mol. The number of ether oxygens (including phenoxy) is 1. The Morgan fingerprint density at radius 3 is 2.76 bits per heavy atom. The molecule has 0 saturated carbocycles. The third-order valence-corrected chi connectivity index (χ3v) is 3.28. The highest BCUT2D eigenvalue weighted by Crippen LogP contribution is 2.26. The normalized spacial score (nSPS) is 10.6. The summed E-state index contributed by atoms with van der Waals surface area (Å²) in [5.41, 5.74) is 0.573. The summed E-state index contributed by atoms with van der Waals surface area (Å²) in [4.78, 5) is 16.4. The van der Waals surface area contributed by atoms with E-state index in [1.807, 2.05) is 12.1 Å². The van der Waals surface area contributed by atoms with Crippen LogP contribution in [0.4, 0.5) is 11.7 Å². The second kappa shape index (κ2) is 5.46. The van der Waals surface area contributed by atoms with Gasteiger partial charge in [-0.1, -0.05) is 29.8 Å². The average molecular weight is 303 g/mol. The molecule has 0 atom stereocenters. The van der Waals surface area contributed by atoms with Crippen molar-refractivity contribution < 1.29 is 9.15 Å². The SMILES string of the molecule is COc1cccc2nc(Nc3ccccc3Cl)oc(=O)c12. The smallest absolute Gasteiger partial charge is 0.351 e. The lowest BCUT2D eigenvalue weighted by atomic mass is 10.2. The number of nitrogens with one attached hydrogen (secondary N) is 1. The van der Waals surface area contributed by atoms with Gasteiger partial charge in [0.2, 0.25) is 0 Å². The summed E-state index contributed by atoms with van der Waals surface area (Å²) in [6.07, 6.45) is 0. The monoisotopic (exact) mass is 302 g/mol. The molecule has 0 spiro atoms. The molecule has 2 aromatic carbocycles. The lowest BCUT2D eigenvalue weighted by Gasteiger charge is -2.07. The fraction of sp³-hybridized carbons (Fsp3) is 0.0667. The highest BCUT2D eigenvalue weighted by molar-refractivity contribution is 6.33. The second-order valence-corrected chi connectivity index (χ2v) is 4.67. The third kappa shape index (κ3) is 2.55. The molecule has 0 aliphatic rings. The van der Waals surface area contributed by atoms with Crippen LogP contribution < -0.4 is 15.7 Å². The maximum Gasteiger partial charge on any atom is 0.351 e. The molecule has 0 aliphatic heterocycles. The summed E-state index contributed by atoms with van der Waals surface area (Å²) in [6.45, 7) is 0. The third-order valence-electron chi connectivity index (χ3n) is 2.96. The molecule has 1 aromatic heterocycles. The number of halogens is 1. The van der Waals surface area contributed by atoms with Gasteiger partial charge in [0.1, 0.15) is 11.1 Å². The number of rotatable bonds is 3. The first-order valence-electron chi connectivity index (χ1n) is 6.18. The van der Waals surface area contributed by atoms with E-state index in [2.05, 4.69) is 10.3 Å². The molecule has 1 heterocycles. The summed E-state index contributed by atoms with van der Waals surface area (Å²) < 4.78 is 10.3. The van der Waals surface area contributed by atoms with Crippen LogP contribution in [0.3, 0.4) is 0 Å². The summed E-state index contributed by atoms with van der Waals surface area (Å²) in [5, 5.41) is 3.71. The molecule has 0 radical (unpaired) electrons. The van der Waals surface area contributed by atoms with Crippen molar-refractivity contribution in [3.63, 3.8) is 0 Å². The van der Waals surface area contributed by atoms with Gasteiger partial charge >= 0.3 is 11.6 Å². The zero-order chi connectivity index (χ0) is 14.8. The highest BCUT2D eigenvalue weighted by atomic mass is 35.5. The first-order chi connectivity index (χ1) is 10.2. The van der Waals surface area contributed by atoms with E-state index in [1.54, 1.807) is 30.3 Å². The molecular formula is C15H11ClN2O3. The van der Waals surface area contributed by atoms with Gasteiger partial charge in [-0.3, -0.25) is 0 Å². The molecule has 0 fully saturated rings. The maximum atomic E-state index is 12.1. The van der Waals surface area contributed by atoms with Gasteiger partial charge in [-0.05, 0) is 24.3 Å². The Hall–Kier alpha value is -2.53. The fourth-order valence-electron chi connectivity index (χ4n) is 1.99. The molecule has 0 aliphatic carbocycles. The highest BCUT2D eigenvalue weighted by Gasteiger charge is 2.11. The number of anilines is 2. The van der Waals surface area contributed by atoms with Crippen molar-refractivity contribution in [1.29, 1.82) is 0 Å². The minimum Gasteiger partial charge on any atom is -0.496 e. The van der Waals surface area contributed by atoms with Gasteiger partial charge in [-0.15, -0.1) is 0 Å². The van der Waals surface area contributed by atoms with Gasteiger partial charge in [-0.2, -0.15) is 4.98 Å². The second-order valence-electron chi connectivity index (χ2n) is 4.27. The molecule has 106 valence electrons. The van der Waals surface area contributed by atoms with Gasteiger partial charge in [0.25, 0.3) is 0 Å². The van der Waals surface area contributed by atoms with Crippen LogP contribution >= 0.6 is 11.6 Å². The zero-order valence-corrected chi connectivity index (χ0v) is 11.8. The quantitative estimate of drug-likeness (QED) is 0.801. The Morgan fingerprint density at radius 1 is 1.19 bits per heavy atom. The number of methoxy groups -OCH3 is 1. The van der Waals surface area contributed by atoms with Crippen LogP contribution in [0, 0.1) is 0 Å². The Labute approximate surface area is 125 Å². The standard InChI is InChI=1S/C15H11ClN2O3/c1-20-12-8-4-7-11-13(12)14(19)21-15(18-11)17-10-6-3-2-5-9(10)16/h2-8H,1H3,(H,17,18). The first-order valence-corrected chi connectivity index (χ1v) is 6.56. The first kappa shape index (κ1) is 13.5. The molecule has 0 amide bonds. The largest absolute Gasteiger partial charge is 0.496 e. The van der Waals surface area contributed by atoms with Crippen LogP contribution in [-0.2, 0) is 0 Å². The fourth-order valence-corrected chi connectivity index (χ4v) is 2.17. The Balaban J connectivity index is 2.10. The molecule has 0 unspecified atom stereocenters. The van der Waals surface area contributed by atoms with Crippen LogP contribution in [0.2, 0.25) is 5.02 Å². The van der Waals surface area contributed by atoms with Crippen LogP contribution in [0.25, 0.3) is 10.9 Å². The molecule has 21 heavy (non-hydrogen) atoms. The predicted molar refractivity (Wildman–Crippen MR) is 81.6 cm³/mol. The summed E-state index contributed by atoms with van der Waals surface area (Å²) in [5.74, 6) is 0.429. The van der Waals surface area contributed by atoms with E-state index in [0.29, 0.717) is 27.4 Å². The van der Waals surface area contributed by atoms with Crippen LogP contribution in [0.5, 0.6) is 5.75 Å². The molecule has 5 nitrogen and oxygen atoms in total. The van der Waals surface area contributed by atoms with Crippen molar-refractivity contribution >= 4 is 34.2 Å². The van der Waals surface area contributed by atoms with E-state index in [4.69, 9.17) is 20.8 Å². The van der Waals surface area contributed by atoms with Crippen molar-refractivity contribution in [1.82, 2.24) is 4.98 Å². The van der Waals surface area contributed by atoms with Gasteiger partial charge in [0, 0.05) is 0 Å². The van der Waals surface area contributed by atoms with Crippen molar-refractivity contribution in [3.8, 4) is 5.75 Å². The van der Waals surface area contributed by atoms with E-state index >= 15 is 0 Å². The lowest BCUT2D eigenvalue weighted by molar-refractivity contribution is 0.417. The van der Waals surface area contributed by atoms with Crippen molar-refractivity contribution in [2.75, 3.05) is 12.4 Å². The predicted octanol–water partition coefficient (Wildman–Crippen LogP) is 3.59. The van der Waals surface area contributed by atoms with Crippen LogP contribution in [0.15, 0.2) is 51.7 Å². The maximum absolute atomic E-state index is 12.1. The summed E-state index contributed by atoms with van der Waals surface area (Å²) in [6, 6.07) is 12.3. The number of nitrogens with zero attached hydrogens (tertiary/aromatic N) is 1. The van der Waals surface area contributed by atoms with E-state index in [9.17, 15) is 4.79 Å². The average Bonchev–Trinajstić information content (AvgIpc) is 2.49. The molecule has 3 aromatic rings. The minimum absolute atomic E-state index is 0.0776. The van der Waals surface area contributed by atoms with Gasteiger partial charge < -0.3 is 14.5 Å².